The molecule has 114 valence electrons. The number of nitrogens with zero attached hydrogens (tertiary/aromatic N) is 1. The number of halogens is 1. The maximum atomic E-state index is 11.9. The number of sulfonamides is 1. The molecule has 0 atom stereocenters. The van der Waals surface area contributed by atoms with E-state index in [2.05, 4.69) is 23.6 Å². The van der Waals surface area contributed by atoms with Crippen LogP contribution >= 0.6 is 11.6 Å². The van der Waals surface area contributed by atoms with Crippen LogP contribution in [0.1, 0.15) is 46.0 Å². The summed E-state index contributed by atoms with van der Waals surface area (Å²) in [5.41, 5.74) is 0. The average Bonchev–Trinajstić information content (AvgIpc) is 2.37. The number of unbranched alkanes of at least 4 members (excludes halogenated alkanes) is 3. The average molecular weight is 319 g/mol. The van der Waals surface area contributed by atoms with E-state index in [0.29, 0.717) is 6.54 Å². The lowest BCUT2D eigenvalue weighted by atomic mass is 10.0. The van der Waals surface area contributed by atoms with E-state index in [9.17, 15) is 8.42 Å². The predicted molar refractivity (Wildman–Crippen MR) is 82.4 cm³/mol. The molecule has 0 aliphatic heterocycles. The lowest BCUT2D eigenvalue weighted by Gasteiger charge is -2.07. The van der Waals surface area contributed by atoms with Gasteiger partial charge in [-0.3, -0.25) is 0 Å². The molecular weight excluding hydrogens is 296 g/mol. The minimum absolute atomic E-state index is 0.154. The second-order valence-electron chi connectivity index (χ2n) is 5.31. The summed E-state index contributed by atoms with van der Waals surface area (Å²) in [7, 11) is -3.45. The van der Waals surface area contributed by atoms with Crippen LogP contribution in [0.25, 0.3) is 0 Å². The molecule has 0 unspecified atom stereocenters. The highest BCUT2D eigenvalue weighted by Gasteiger charge is 2.13. The highest BCUT2D eigenvalue weighted by molar-refractivity contribution is 7.89. The fraction of sp³-hybridized carbons (Fsp3) is 0.643. The van der Waals surface area contributed by atoms with E-state index in [1.54, 1.807) is 0 Å². The summed E-state index contributed by atoms with van der Waals surface area (Å²) in [5, 5.41) is 0.286. The topological polar surface area (TPSA) is 59.1 Å². The van der Waals surface area contributed by atoms with Gasteiger partial charge in [-0.1, -0.05) is 51.1 Å². The molecule has 1 N–H and O–H groups in total. The van der Waals surface area contributed by atoms with Gasteiger partial charge in [-0.25, -0.2) is 18.1 Å². The number of aromatic nitrogens is 1. The minimum Gasteiger partial charge on any atom is -0.243 e. The molecule has 0 radical (unpaired) electrons. The third kappa shape index (κ3) is 6.68. The fourth-order valence-corrected chi connectivity index (χ4v) is 2.97. The van der Waals surface area contributed by atoms with Crippen LogP contribution in [0.5, 0.6) is 0 Å². The second kappa shape index (κ2) is 8.60. The molecule has 1 aromatic heterocycles. The molecule has 0 aromatic carbocycles. The number of nitrogens with one attached hydrogen (secondary N) is 1. The molecule has 4 nitrogen and oxygen atoms in total. The highest BCUT2D eigenvalue weighted by Crippen LogP contribution is 2.11. The van der Waals surface area contributed by atoms with Crippen molar-refractivity contribution >= 4 is 21.6 Å². The maximum absolute atomic E-state index is 11.9. The van der Waals surface area contributed by atoms with Crippen molar-refractivity contribution in [2.45, 2.75) is 50.8 Å². The van der Waals surface area contributed by atoms with E-state index in [1.807, 2.05) is 0 Å². The van der Waals surface area contributed by atoms with Gasteiger partial charge in [0.1, 0.15) is 10.0 Å². The molecule has 0 saturated carbocycles. The lowest BCUT2D eigenvalue weighted by molar-refractivity contribution is 0.517. The number of hydrogen-bond acceptors (Lipinski definition) is 3. The van der Waals surface area contributed by atoms with Gasteiger partial charge >= 0.3 is 0 Å². The molecule has 1 rings (SSSR count). The molecule has 0 spiro atoms. The molecule has 20 heavy (non-hydrogen) atoms. The molecule has 1 heterocycles. The summed E-state index contributed by atoms with van der Waals surface area (Å²) in [4.78, 5) is 3.93. The van der Waals surface area contributed by atoms with Crippen LogP contribution in [-0.2, 0) is 10.0 Å². The zero-order valence-corrected chi connectivity index (χ0v) is 13.7. The van der Waals surface area contributed by atoms with Crippen molar-refractivity contribution in [2.75, 3.05) is 6.54 Å². The molecule has 0 aliphatic rings. The Morgan fingerprint density at radius 1 is 1.20 bits per heavy atom. The third-order valence-corrected chi connectivity index (χ3v) is 4.68. The summed E-state index contributed by atoms with van der Waals surface area (Å²) in [6.07, 6.45) is 6.79. The van der Waals surface area contributed by atoms with Crippen molar-refractivity contribution in [3.8, 4) is 0 Å². The van der Waals surface area contributed by atoms with Gasteiger partial charge in [0.05, 0.1) is 0 Å². The minimum atomic E-state index is -3.45. The summed E-state index contributed by atoms with van der Waals surface area (Å²) >= 11 is 5.63. The van der Waals surface area contributed by atoms with Crippen molar-refractivity contribution in [3.63, 3.8) is 0 Å². The Morgan fingerprint density at radius 2 is 1.90 bits per heavy atom. The fourth-order valence-electron chi connectivity index (χ4n) is 1.84. The second-order valence-corrected chi connectivity index (χ2v) is 7.47. The van der Waals surface area contributed by atoms with Crippen LogP contribution in [-0.4, -0.2) is 19.9 Å². The van der Waals surface area contributed by atoms with Crippen molar-refractivity contribution in [2.24, 2.45) is 5.92 Å². The van der Waals surface area contributed by atoms with Crippen molar-refractivity contribution in [1.82, 2.24) is 9.71 Å². The molecule has 0 bridgehead atoms. The molecule has 0 saturated heterocycles. The van der Waals surface area contributed by atoms with Gasteiger partial charge in [0.15, 0.2) is 0 Å². The third-order valence-electron chi connectivity index (χ3n) is 3.01. The predicted octanol–water partition coefficient (Wildman–Crippen LogP) is 3.62. The smallest absolute Gasteiger partial charge is 0.242 e. The molecule has 1 aromatic rings. The molecular formula is C14H23ClN2O2S. The van der Waals surface area contributed by atoms with Gasteiger partial charge in [0, 0.05) is 12.7 Å². The Balaban J connectivity index is 2.25. The summed E-state index contributed by atoms with van der Waals surface area (Å²) < 4.78 is 26.4. The van der Waals surface area contributed by atoms with Crippen LogP contribution in [0.3, 0.4) is 0 Å². The van der Waals surface area contributed by atoms with Crippen LogP contribution < -0.4 is 4.72 Å². The largest absolute Gasteiger partial charge is 0.243 e. The van der Waals surface area contributed by atoms with Gasteiger partial charge in [0.2, 0.25) is 10.0 Å². The van der Waals surface area contributed by atoms with Gasteiger partial charge in [-0.15, -0.1) is 0 Å². The van der Waals surface area contributed by atoms with Gasteiger partial charge in [-0.2, -0.15) is 0 Å². The standard InChI is InChI=1S/C14H23ClN2O2S/c1-12(2)7-5-3-4-6-10-17-20(18,19)13-8-9-14(15)16-11-13/h8-9,11-12,17H,3-7,10H2,1-2H3. The van der Waals surface area contributed by atoms with Crippen molar-refractivity contribution < 1.29 is 8.42 Å². The first kappa shape index (κ1) is 17.4. The Hall–Kier alpha value is -0.650. The Bertz CT molecular complexity index is 486. The molecule has 0 amide bonds. The van der Waals surface area contributed by atoms with E-state index in [-0.39, 0.29) is 10.0 Å². The van der Waals surface area contributed by atoms with Crippen molar-refractivity contribution in [1.29, 1.82) is 0 Å². The van der Waals surface area contributed by atoms with Crippen molar-refractivity contribution in [3.05, 3.63) is 23.5 Å². The van der Waals surface area contributed by atoms with Crippen LogP contribution in [0.4, 0.5) is 0 Å². The summed E-state index contributed by atoms with van der Waals surface area (Å²) in [6.45, 7) is 4.90. The summed E-state index contributed by atoms with van der Waals surface area (Å²) in [5.74, 6) is 0.742. The zero-order valence-electron chi connectivity index (χ0n) is 12.1. The Labute approximate surface area is 127 Å². The van der Waals surface area contributed by atoms with Gasteiger partial charge < -0.3 is 0 Å². The molecule has 0 fully saturated rings. The Kier molecular flexibility index (Phi) is 7.48. The van der Waals surface area contributed by atoms with Gasteiger partial charge in [-0.05, 0) is 24.5 Å². The van der Waals surface area contributed by atoms with Crippen LogP contribution in [0.15, 0.2) is 23.2 Å². The molecule has 6 heteroatoms. The Morgan fingerprint density at radius 3 is 2.50 bits per heavy atom. The highest BCUT2D eigenvalue weighted by atomic mass is 35.5. The molecule has 0 aliphatic carbocycles. The number of pyridine rings is 1. The van der Waals surface area contributed by atoms with Crippen LogP contribution in [0.2, 0.25) is 5.15 Å². The van der Waals surface area contributed by atoms with E-state index in [4.69, 9.17) is 11.6 Å². The normalized spacial score (nSPS) is 12.0. The lowest BCUT2D eigenvalue weighted by Crippen LogP contribution is -2.24. The first-order chi connectivity index (χ1) is 9.42. The maximum Gasteiger partial charge on any atom is 0.242 e. The number of rotatable bonds is 9. The zero-order chi connectivity index (χ0) is 15.0. The van der Waals surface area contributed by atoms with Gasteiger partial charge in [0.25, 0.3) is 0 Å². The first-order valence-corrected chi connectivity index (χ1v) is 8.89. The number of hydrogen-bond donors (Lipinski definition) is 1. The van der Waals surface area contributed by atoms with E-state index in [1.165, 1.54) is 31.2 Å². The monoisotopic (exact) mass is 318 g/mol. The van der Waals surface area contributed by atoms with E-state index < -0.39 is 10.0 Å². The first-order valence-electron chi connectivity index (χ1n) is 7.03. The van der Waals surface area contributed by atoms with E-state index in [0.717, 1.165) is 25.2 Å². The SMILES string of the molecule is CC(C)CCCCCCNS(=O)(=O)c1ccc(Cl)nc1. The van der Waals surface area contributed by atoms with E-state index >= 15 is 0 Å². The van der Waals surface area contributed by atoms with Crippen LogP contribution in [0, 0.1) is 5.92 Å². The summed E-state index contributed by atoms with van der Waals surface area (Å²) in [6, 6.07) is 2.93. The quantitative estimate of drug-likeness (QED) is 0.559.